The Labute approximate surface area is 111 Å². The molecule has 0 bridgehead atoms. The van der Waals surface area contributed by atoms with Crippen LogP contribution in [-0.2, 0) is 0 Å². The van der Waals surface area contributed by atoms with Crippen molar-refractivity contribution >= 4 is 23.3 Å². The lowest BCUT2D eigenvalue weighted by Crippen LogP contribution is -2.32. The monoisotopic (exact) mass is 268 g/mol. The lowest BCUT2D eigenvalue weighted by Gasteiger charge is -2.11. The van der Waals surface area contributed by atoms with E-state index >= 15 is 0 Å². The van der Waals surface area contributed by atoms with E-state index in [2.05, 4.69) is 10.6 Å². The molecule has 98 valence electrons. The third kappa shape index (κ3) is 3.89. The molecule has 2 amide bonds. The van der Waals surface area contributed by atoms with Crippen LogP contribution in [0.3, 0.4) is 0 Å². The normalized spacial score (nSPS) is 22.8. The number of urea groups is 1. The van der Waals surface area contributed by atoms with Crippen LogP contribution in [-0.4, -0.2) is 23.8 Å². The number of hydrogen-bond acceptors (Lipinski definition) is 2. The summed E-state index contributed by atoms with van der Waals surface area (Å²) in [6, 6.07) is 6.73. The molecule has 1 saturated carbocycles. The number of aliphatic hydroxyl groups is 1. The van der Waals surface area contributed by atoms with E-state index in [4.69, 9.17) is 11.6 Å². The van der Waals surface area contributed by atoms with E-state index in [1.54, 1.807) is 24.3 Å². The zero-order chi connectivity index (χ0) is 13.0. The zero-order valence-corrected chi connectivity index (χ0v) is 10.8. The zero-order valence-electron chi connectivity index (χ0n) is 10.0. The molecular weight excluding hydrogens is 252 g/mol. The van der Waals surface area contributed by atoms with E-state index in [0.29, 0.717) is 23.2 Å². The summed E-state index contributed by atoms with van der Waals surface area (Å²) < 4.78 is 0. The number of benzene rings is 1. The van der Waals surface area contributed by atoms with Gasteiger partial charge in [-0.2, -0.15) is 0 Å². The second kappa shape index (κ2) is 6.07. The van der Waals surface area contributed by atoms with Crippen molar-refractivity contribution in [1.82, 2.24) is 5.32 Å². The Kier molecular flexibility index (Phi) is 4.44. The summed E-state index contributed by atoms with van der Waals surface area (Å²) in [5.74, 6) is 0.385. The number of carbonyl (C=O) groups excluding carboxylic acids is 1. The summed E-state index contributed by atoms with van der Waals surface area (Å²) in [4.78, 5) is 11.6. The maximum absolute atomic E-state index is 11.6. The van der Waals surface area contributed by atoms with Crippen molar-refractivity contribution in [3.63, 3.8) is 0 Å². The van der Waals surface area contributed by atoms with Crippen molar-refractivity contribution < 1.29 is 9.90 Å². The first kappa shape index (κ1) is 13.2. The van der Waals surface area contributed by atoms with Crippen molar-refractivity contribution in [3.8, 4) is 0 Å². The van der Waals surface area contributed by atoms with Gasteiger partial charge in [0.25, 0.3) is 0 Å². The fourth-order valence-corrected chi connectivity index (χ4v) is 2.31. The van der Waals surface area contributed by atoms with E-state index in [0.717, 1.165) is 19.3 Å². The molecule has 5 heteroatoms. The van der Waals surface area contributed by atoms with Gasteiger partial charge in [-0.15, -0.1) is 0 Å². The van der Waals surface area contributed by atoms with Crippen molar-refractivity contribution in [2.45, 2.75) is 25.4 Å². The molecule has 0 radical (unpaired) electrons. The van der Waals surface area contributed by atoms with Gasteiger partial charge in [-0.25, -0.2) is 4.79 Å². The van der Waals surface area contributed by atoms with Crippen LogP contribution in [0.1, 0.15) is 19.3 Å². The predicted octanol–water partition coefficient (Wildman–Crippen LogP) is 2.62. The molecule has 2 unspecified atom stereocenters. The van der Waals surface area contributed by atoms with Gasteiger partial charge in [-0.1, -0.05) is 11.6 Å². The molecule has 3 N–H and O–H groups in total. The molecule has 1 aromatic carbocycles. The molecule has 0 saturated heterocycles. The first-order valence-electron chi connectivity index (χ1n) is 6.12. The maximum Gasteiger partial charge on any atom is 0.319 e. The Hall–Kier alpha value is -1.26. The highest BCUT2D eigenvalue weighted by Crippen LogP contribution is 2.24. The van der Waals surface area contributed by atoms with Gasteiger partial charge in [0, 0.05) is 17.3 Å². The summed E-state index contributed by atoms with van der Waals surface area (Å²) in [6.07, 6.45) is 2.39. The Balaban J connectivity index is 1.73. The lowest BCUT2D eigenvalue weighted by atomic mass is 10.1. The number of amides is 2. The second-order valence-electron chi connectivity index (χ2n) is 4.67. The Morgan fingerprint density at radius 1 is 1.33 bits per heavy atom. The first-order valence-corrected chi connectivity index (χ1v) is 6.50. The van der Waals surface area contributed by atoms with Gasteiger partial charge >= 0.3 is 6.03 Å². The Bertz CT molecular complexity index is 408. The van der Waals surface area contributed by atoms with E-state index < -0.39 is 0 Å². The minimum atomic E-state index is -0.223. The van der Waals surface area contributed by atoms with Crippen molar-refractivity contribution in [2.24, 2.45) is 5.92 Å². The van der Waals surface area contributed by atoms with E-state index in [1.165, 1.54) is 0 Å². The van der Waals surface area contributed by atoms with Crippen molar-refractivity contribution in [3.05, 3.63) is 29.3 Å². The lowest BCUT2D eigenvalue weighted by molar-refractivity contribution is 0.177. The van der Waals surface area contributed by atoms with Crippen LogP contribution in [0, 0.1) is 5.92 Å². The smallest absolute Gasteiger partial charge is 0.319 e. The van der Waals surface area contributed by atoms with Crippen LogP contribution in [0.25, 0.3) is 0 Å². The molecule has 2 atom stereocenters. The van der Waals surface area contributed by atoms with Gasteiger partial charge in [0.2, 0.25) is 0 Å². The molecule has 0 aromatic heterocycles. The molecule has 0 aliphatic heterocycles. The van der Waals surface area contributed by atoms with Crippen LogP contribution < -0.4 is 10.6 Å². The summed E-state index contributed by atoms with van der Waals surface area (Å²) in [6.45, 7) is 0.608. The highest BCUT2D eigenvalue weighted by molar-refractivity contribution is 6.30. The van der Waals surface area contributed by atoms with E-state index in [1.807, 2.05) is 0 Å². The average Bonchev–Trinajstić information content (AvgIpc) is 2.76. The van der Waals surface area contributed by atoms with Gasteiger partial charge in [0.05, 0.1) is 6.10 Å². The molecule has 1 aromatic rings. The van der Waals surface area contributed by atoms with Gasteiger partial charge < -0.3 is 15.7 Å². The molecule has 1 aliphatic carbocycles. The highest BCUT2D eigenvalue weighted by Gasteiger charge is 2.22. The van der Waals surface area contributed by atoms with Gasteiger partial charge in [-0.3, -0.25) is 0 Å². The van der Waals surface area contributed by atoms with Gasteiger partial charge in [0.15, 0.2) is 0 Å². The van der Waals surface area contributed by atoms with Crippen molar-refractivity contribution in [2.75, 3.05) is 11.9 Å². The molecule has 2 rings (SSSR count). The number of carbonyl (C=O) groups is 1. The quantitative estimate of drug-likeness (QED) is 0.789. The third-order valence-electron chi connectivity index (χ3n) is 3.17. The second-order valence-corrected chi connectivity index (χ2v) is 5.11. The van der Waals surface area contributed by atoms with Crippen LogP contribution in [0.5, 0.6) is 0 Å². The molecular formula is C13H17ClN2O2. The van der Waals surface area contributed by atoms with Gasteiger partial charge in [-0.05, 0) is 49.4 Å². The Morgan fingerprint density at radius 3 is 2.67 bits per heavy atom. The van der Waals surface area contributed by atoms with Crippen LogP contribution in [0.15, 0.2) is 24.3 Å². The number of rotatable bonds is 3. The van der Waals surface area contributed by atoms with Crippen LogP contribution in [0.4, 0.5) is 10.5 Å². The highest BCUT2D eigenvalue weighted by atomic mass is 35.5. The number of aliphatic hydroxyl groups excluding tert-OH is 1. The summed E-state index contributed by atoms with van der Waals surface area (Å²) >= 11 is 5.76. The third-order valence-corrected chi connectivity index (χ3v) is 3.42. The number of nitrogens with one attached hydrogen (secondary N) is 2. The molecule has 1 aliphatic rings. The molecule has 4 nitrogen and oxygen atoms in total. The average molecular weight is 269 g/mol. The first-order chi connectivity index (χ1) is 8.63. The van der Waals surface area contributed by atoms with Gasteiger partial charge in [0.1, 0.15) is 0 Å². The number of halogens is 1. The minimum absolute atomic E-state index is 0.198. The minimum Gasteiger partial charge on any atom is -0.393 e. The van der Waals surface area contributed by atoms with Crippen molar-refractivity contribution in [1.29, 1.82) is 0 Å². The topological polar surface area (TPSA) is 61.4 Å². The van der Waals surface area contributed by atoms with E-state index in [-0.39, 0.29) is 12.1 Å². The Morgan fingerprint density at radius 2 is 2.06 bits per heavy atom. The molecule has 18 heavy (non-hydrogen) atoms. The standard InChI is InChI=1S/C13H17ClN2O2/c14-10-2-4-11(5-3-10)16-13(18)15-8-9-1-6-12(17)7-9/h2-5,9,12,17H,1,6-8H2,(H2,15,16,18). The molecule has 0 heterocycles. The summed E-state index contributed by atoms with van der Waals surface area (Å²) in [5.41, 5.74) is 0.711. The van der Waals surface area contributed by atoms with E-state index in [9.17, 15) is 9.90 Å². The largest absolute Gasteiger partial charge is 0.393 e. The number of anilines is 1. The number of hydrogen-bond donors (Lipinski definition) is 3. The predicted molar refractivity (Wildman–Crippen MR) is 71.8 cm³/mol. The molecule has 1 fully saturated rings. The maximum atomic E-state index is 11.6. The fourth-order valence-electron chi connectivity index (χ4n) is 2.18. The SMILES string of the molecule is O=C(NCC1CCC(O)C1)Nc1ccc(Cl)cc1. The van der Waals surface area contributed by atoms with Crippen LogP contribution in [0.2, 0.25) is 5.02 Å². The summed E-state index contributed by atoms with van der Waals surface area (Å²) in [5, 5.41) is 15.6. The summed E-state index contributed by atoms with van der Waals surface area (Å²) in [7, 11) is 0. The van der Waals surface area contributed by atoms with Crippen LogP contribution >= 0.6 is 11.6 Å². The molecule has 0 spiro atoms. The fraction of sp³-hybridized carbons (Fsp3) is 0.462.